The zero-order chi connectivity index (χ0) is 25.0. The lowest BCUT2D eigenvalue weighted by Gasteiger charge is -2.54. The smallest absolute Gasteiger partial charge is 0.357 e. The number of hydrogen-bond acceptors (Lipinski definition) is 6. The fourth-order valence-corrected chi connectivity index (χ4v) is 6.37. The minimum absolute atomic E-state index is 0.00767. The lowest BCUT2D eigenvalue weighted by Crippen LogP contribution is -2.63. The summed E-state index contributed by atoms with van der Waals surface area (Å²) in [4.78, 5) is 34.7. The van der Waals surface area contributed by atoms with E-state index in [0.29, 0.717) is 45.7 Å². The molecule has 0 bridgehead atoms. The Morgan fingerprint density at radius 1 is 1.23 bits per heavy atom. The van der Waals surface area contributed by atoms with Crippen LogP contribution in [0.5, 0.6) is 0 Å². The summed E-state index contributed by atoms with van der Waals surface area (Å²) >= 11 is 0.870. The van der Waals surface area contributed by atoms with E-state index in [0.717, 1.165) is 30.2 Å². The first-order valence-electron chi connectivity index (χ1n) is 11.7. The zero-order valence-electron chi connectivity index (χ0n) is 19.3. The predicted molar refractivity (Wildman–Crippen MR) is 124 cm³/mol. The molecule has 3 aliphatic rings. The van der Waals surface area contributed by atoms with Crippen molar-refractivity contribution in [1.29, 1.82) is 0 Å². The number of pyridine rings is 1. The SMILES string of the molecule is CNC(=O)c1csc2c(C(F)(F)F)cc(N3CCC4(CC3)CN(C(=O)CN3CC[C@@H](F)C3)C4)nc12. The van der Waals surface area contributed by atoms with Crippen molar-refractivity contribution in [3.05, 3.63) is 22.6 Å². The van der Waals surface area contributed by atoms with Gasteiger partial charge in [-0.05, 0) is 25.3 Å². The van der Waals surface area contributed by atoms with Crippen molar-refractivity contribution < 1.29 is 27.2 Å². The van der Waals surface area contributed by atoms with Crippen molar-refractivity contribution in [2.75, 3.05) is 57.8 Å². The molecule has 7 nitrogen and oxygen atoms in total. The van der Waals surface area contributed by atoms with Gasteiger partial charge in [0.2, 0.25) is 5.91 Å². The Balaban J connectivity index is 1.27. The Hall–Kier alpha value is -2.47. The van der Waals surface area contributed by atoms with Crippen LogP contribution in [0.1, 0.15) is 35.2 Å². The van der Waals surface area contributed by atoms with E-state index in [1.165, 1.54) is 12.4 Å². The summed E-state index contributed by atoms with van der Waals surface area (Å²) in [6.07, 6.45) is -3.48. The van der Waals surface area contributed by atoms with E-state index in [-0.39, 0.29) is 39.5 Å². The van der Waals surface area contributed by atoms with Gasteiger partial charge in [-0.15, -0.1) is 11.3 Å². The molecule has 1 N–H and O–H groups in total. The van der Waals surface area contributed by atoms with Gasteiger partial charge in [-0.1, -0.05) is 0 Å². The third-order valence-corrected chi connectivity index (χ3v) is 8.42. The number of likely N-dealkylation sites (tertiary alicyclic amines) is 2. The van der Waals surface area contributed by atoms with Gasteiger partial charge in [-0.25, -0.2) is 9.37 Å². The molecule has 190 valence electrons. The maximum atomic E-state index is 13.8. The standard InChI is InChI=1S/C23H27F4N5O2S/c1-28-21(34)15-11-35-20-16(23(25,26)27)8-17(29-19(15)20)31-6-3-22(4-7-31)12-32(13-22)18(33)10-30-5-2-14(24)9-30/h8,11,14H,2-7,9-10,12-13H2,1H3,(H,28,34)/t14-/m1/s1. The number of alkyl halides is 4. The summed E-state index contributed by atoms with van der Waals surface area (Å²) < 4.78 is 54.8. The Kier molecular flexibility index (Phi) is 6.15. The molecule has 3 fully saturated rings. The van der Waals surface area contributed by atoms with Crippen LogP contribution in [-0.4, -0.2) is 85.6 Å². The molecule has 1 spiro atoms. The second-order valence-electron chi connectivity index (χ2n) is 9.79. The number of carbonyl (C=O) groups is 2. The number of aromatic nitrogens is 1. The van der Waals surface area contributed by atoms with E-state index in [9.17, 15) is 27.2 Å². The predicted octanol–water partition coefficient (Wildman–Crippen LogP) is 3.15. The first kappa shape index (κ1) is 24.2. The van der Waals surface area contributed by atoms with Crippen LogP contribution in [0.4, 0.5) is 23.4 Å². The van der Waals surface area contributed by atoms with E-state index >= 15 is 0 Å². The van der Waals surface area contributed by atoms with Crippen LogP contribution in [0.15, 0.2) is 11.4 Å². The van der Waals surface area contributed by atoms with E-state index in [1.807, 2.05) is 9.80 Å². The molecule has 12 heteroatoms. The number of rotatable bonds is 4. The van der Waals surface area contributed by atoms with Crippen LogP contribution in [0.2, 0.25) is 0 Å². The number of nitrogens with one attached hydrogen (secondary N) is 1. The summed E-state index contributed by atoms with van der Waals surface area (Å²) in [7, 11) is 1.43. The molecule has 0 saturated carbocycles. The Bertz CT molecular complexity index is 1140. The van der Waals surface area contributed by atoms with Crippen LogP contribution < -0.4 is 10.2 Å². The third-order valence-electron chi connectivity index (χ3n) is 7.41. The van der Waals surface area contributed by atoms with Gasteiger partial charge in [-0.2, -0.15) is 13.2 Å². The van der Waals surface area contributed by atoms with Crippen LogP contribution >= 0.6 is 11.3 Å². The van der Waals surface area contributed by atoms with E-state index < -0.39 is 23.8 Å². The molecule has 2 aromatic heterocycles. The van der Waals surface area contributed by atoms with E-state index in [1.54, 1.807) is 4.90 Å². The molecule has 5 rings (SSSR count). The summed E-state index contributed by atoms with van der Waals surface area (Å²) in [5, 5.41) is 3.87. The number of piperidine rings is 1. The number of halogens is 4. The zero-order valence-corrected chi connectivity index (χ0v) is 20.1. The lowest BCUT2D eigenvalue weighted by atomic mass is 9.72. The van der Waals surface area contributed by atoms with Crippen molar-refractivity contribution in [2.45, 2.75) is 31.6 Å². The van der Waals surface area contributed by atoms with Gasteiger partial charge < -0.3 is 15.1 Å². The summed E-state index contributed by atoms with van der Waals surface area (Å²) in [6.45, 7) is 3.43. The average Bonchev–Trinajstić information content (AvgIpc) is 3.41. The highest BCUT2D eigenvalue weighted by Crippen LogP contribution is 2.44. The first-order chi connectivity index (χ1) is 16.6. The van der Waals surface area contributed by atoms with Crippen molar-refractivity contribution >= 4 is 39.2 Å². The number of fused-ring (bicyclic) bond motifs is 1. The quantitative estimate of drug-likeness (QED) is 0.637. The molecule has 0 unspecified atom stereocenters. The highest BCUT2D eigenvalue weighted by Gasteiger charge is 2.47. The number of anilines is 1. The van der Waals surface area contributed by atoms with Crippen molar-refractivity contribution in [3.63, 3.8) is 0 Å². The Labute approximate surface area is 204 Å². The molecule has 5 heterocycles. The lowest BCUT2D eigenvalue weighted by molar-refractivity contribution is -0.145. The van der Waals surface area contributed by atoms with E-state index in [2.05, 4.69) is 10.3 Å². The van der Waals surface area contributed by atoms with Crippen molar-refractivity contribution in [3.8, 4) is 0 Å². The number of nitrogens with zero attached hydrogens (tertiary/aromatic N) is 4. The molecule has 3 aliphatic heterocycles. The summed E-state index contributed by atoms with van der Waals surface area (Å²) in [5.41, 5.74) is -0.612. The largest absolute Gasteiger partial charge is 0.417 e. The van der Waals surface area contributed by atoms with Crippen LogP contribution in [0, 0.1) is 5.41 Å². The Morgan fingerprint density at radius 2 is 1.94 bits per heavy atom. The molecule has 0 aliphatic carbocycles. The normalized spacial score (nSPS) is 22.6. The van der Waals surface area contributed by atoms with Crippen LogP contribution in [-0.2, 0) is 11.0 Å². The summed E-state index contributed by atoms with van der Waals surface area (Å²) in [5.74, 6) is -0.250. The summed E-state index contributed by atoms with van der Waals surface area (Å²) in [6, 6.07) is 1.08. The number of hydrogen-bond donors (Lipinski definition) is 1. The van der Waals surface area contributed by atoms with Gasteiger partial charge in [-0.3, -0.25) is 14.5 Å². The monoisotopic (exact) mass is 513 g/mol. The minimum Gasteiger partial charge on any atom is -0.357 e. The maximum absolute atomic E-state index is 13.8. The fourth-order valence-electron chi connectivity index (χ4n) is 5.35. The van der Waals surface area contributed by atoms with Gasteiger partial charge >= 0.3 is 6.18 Å². The molecular weight excluding hydrogens is 486 g/mol. The number of amides is 2. The molecule has 1 atom stereocenters. The molecule has 35 heavy (non-hydrogen) atoms. The molecular formula is C23H27F4N5O2S. The van der Waals surface area contributed by atoms with Crippen molar-refractivity contribution in [1.82, 2.24) is 20.1 Å². The topological polar surface area (TPSA) is 68.8 Å². The fraction of sp³-hybridized carbons (Fsp3) is 0.609. The molecule has 2 amide bonds. The molecule has 0 radical (unpaired) electrons. The maximum Gasteiger partial charge on any atom is 0.417 e. The van der Waals surface area contributed by atoms with Gasteiger partial charge in [0.25, 0.3) is 5.91 Å². The number of carbonyl (C=O) groups excluding carboxylic acids is 2. The highest BCUT2D eigenvalue weighted by molar-refractivity contribution is 7.17. The molecule has 0 aromatic carbocycles. The van der Waals surface area contributed by atoms with Gasteiger partial charge in [0.1, 0.15) is 12.0 Å². The van der Waals surface area contributed by atoms with Gasteiger partial charge in [0.15, 0.2) is 0 Å². The third kappa shape index (κ3) is 4.57. The number of thiophene rings is 1. The van der Waals surface area contributed by atoms with Crippen LogP contribution in [0.3, 0.4) is 0 Å². The molecule has 3 saturated heterocycles. The van der Waals surface area contributed by atoms with Crippen LogP contribution in [0.25, 0.3) is 10.2 Å². The van der Waals surface area contributed by atoms with E-state index in [4.69, 9.17) is 0 Å². The molecule has 2 aromatic rings. The first-order valence-corrected chi connectivity index (χ1v) is 12.6. The Morgan fingerprint density at radius 3 is 2.54 bits per heavy atom. The average molecular weight is 514 g/mol. The second kappa shape index (κ2) is 8.88. The van der Waals surface area contributed by atoms with Crippen molar-refractivity contribution in [2.24, 2.45) is 5.41 Å². The second-order valence-corrected chi connectivity index (χ2v) is 10.7. The van der Waals surface area contributed by atoms with Gasteiger partial charge in [0, 0.05) is 57.1 Å². The minimum atomic E-state index is -4.57. The highest BCUT2D eigenvalue weighted by atomic mass is 32.1. The van der Waals surface area contributed by atoms with Gasteiger partial charge in [0.05, 0.1) is 27.9 Å².